The maximum absolute atomic E-state index is 12.1. The molecule has 164 valence electrons. The molecule has 0 bridgehead atoms. The van der Waals surface area contributed by atoms with Gasteiger partial charge < -0.3 is 0 Å². The summed E-state index contributed by atoms with van der Waals surface area (Å²) >= 11 is 0. The van der Waals surface area contributed by atoms with Crippen molar-refractivity contribution in [3.8, 4) is 0 Å². The fraction of sp³-hybridized carbons (Fsp3) is 0.926. The Balaban J connectivity index is 1.54. The molecule has 0 aromatic rings. The molecule has 0 spiro atoms. The molecule has 3 saturated carbocycles. The fourth-order valence-electron chi connectivity index (χ4n) is 8.58. The van der Waals surface area contributed by atoms with E-state index in [0.717, 1.165) is 48.3 Å². The molecule has 29 heavy (non-hydrogen) atoms. The monoisotopic (exact) mass is 399 g/mol. The van der Waals surface area contributed by atoms with E-state index in [1.165, 1.54) is 50.7 Å². The molecule has 0 radical (unpaired) electrons. The van der Waals surface area contributed by atoms with Crippen LogP contribution in [0.5, 0.6) is 0 Å². The summed E-state index contributed by atoms with van der Waals surface area (Å²) in [4.78, 5) is 17.4. The Kier molecular flexibility index (Phi) is 5.79. The SMILES string of the molecule is CC(C)CCCC(C)[C@H]1CCC2C3C(CC[C@@]21C)[C@@]1(C)CCC(=O)CC1=N[C@H]3C. The molecule has 8 atom stereocenters. The number of Topliss-reactive ketones (excluding diaryl/α,β-unsaturated/α-hetero) is 1. The van der Waals surface area contributed by atoms with E-state index in [9.17, 15) is 4.79 Å². The van der Waals surface area contributed by atoms with E-state index >= 15 is 0 Å². The number of rotatable bonds is 5. The molecule has 1 aliphatic heterocycles. The summed E-state index contributed by atoms with van der Waals surface area (Å²) in [5.41, 5.74) is 1.98. The standard InChI is InChI=1S/C27H45NO/c1-17(2)8-7-9-18(3)21-10-11-22-25-19(4)28-24-16-20(29)12-14-27(24,6)23(25)13-15-26(21,22)5/h17-19,21-23,25H,7-16H2,1-6H3/t18?,19-,21+,22?,23?,25?,26+,27+/m0/s1. The first kappa shape index (κ1) is 21.6. The number of hydrogen-bond acceptors (Lipinski definition) is 2. The molecule has 0 aromatic heterocycles. The van der Waals surface area contributed by atoms with Crippen LogP contribution in [0, 0.1) is 46.3 Å². The van der Waals surface area contributed by atoms with Crippen molar-refractivity contribution in [3.05, 3.63) is 0 Å². The predicted octanol–water partition coefficient (Wildman–Crippen LogP) is 7.11. The van der Waals surface area contributed by atoms with Gasteiger partial charge in [-0.3, -0.25) is 9.79 Å². The molecule has 2 nitrogen and oxygen atoms in total. The van der Waals surface area contributed by atoms with Gasteiger partial charge in [-0.25, -0.2) is 0 Å². The third-order valence-corrected chi connectivity index (χ3v) is 10.2. The van der Waals surface area contributed by atoms with E-state index in [0.29, 0.717) is 23.7 Å². The maximum Gasteiger partial charge on any atom is 0.138 e. The van der Waals surface area contributed by atoms with Crippen LogP contribution in [0.1, 0.15) is 106 Å². The molecule has 0 N–H and O–H groups in total. The number of fused-ring (bicyclic) bond motifs is 5. The zero-order valence-electron chi connectivity index (χ0n) is 20.0. The predicted molar refractivity (Wildman–Crippen MR) is 122 cm³/mol. The van der Waals surface area contributed by atoms with Gasteiger partial charge >= 0.3 is 0 Å². The Morgan fingerprint density at radius 1 is 1.03 bits per heavy atom. The van der Waals surface area contributed by atoms with E-state index in [-0.39, 0.29) is 5.41 Å². The Morgan fingerprint density at radius 2 is 1.79 bits per heavy atom. The summed E-state index contributed by atoms with van der Waals surface area (Å²) in [6, 6.07) is 0.411. The Labute approximate surface area is 179 Å². The van der Waals surface area contributed by atoms with E-state index in [1.54, 1.807) is 0 Å². The number of carbonyl (C=O) groups is 1. The second kappa shape index (κ2) is 7.79. The molecule has 3 aliphatic carbocycles. The summed E-state index contributed by atoms with van der Waals surface area (Å²) in [7, 11) is 0. The molecular weight excluding hydrogens is 354 g/mol. The minimum Gasteiger partial charge on any atom is -0.299 e. The molecule has 0 aromatic carbocycles. The third-order valence-electron chi connectivity index (χ3n) is 10.2. The molecule has 1 heterocycles. The Bertz CT molecular complexity index is 665. The highest BCUT2D eigenvalue weighted by Crippen LogP contribution is 2.66. The van der Waals surface area contributed by atoms with Crippen molar-refractivity contribution >= 4 is 11.5 Å². The van der Waals surface area contributed by atoms with E-state index < -0.39 is 0 Å². The van der Waals surface area contributed by atoms with Crippen LogP contribution in [-0.4, -0.2) is 17.5 Å². The van der Waals surface area contributed by atoms with Crippen LogP contribution >= 0.6 is 0 Å². The molecule has 4 unspecified atom stereocenters. The summed E-state index contributed by atoms with van der Waals surface area (Å²) in [5, 5.41) is 0. The highest BCUT2D eigenvalue weighted by molar-refractivity contribution is 6.07. The van der Waals surface area contributed by atoms with Crippen LogP contribution < -0.4 is 0 Å². The van der Waals surface area contributed by atoms with Gasteiger partial charge in [0.05, 0.1) is 6.04 Å². The lowest BCUT2D eigenvalue weighted by molar-refractivity contribution is -0.120. The lowest BCUT2D eigenvalue weighted by Gasteiger charge is -2.58. The van der Waals surface area contributed by atoms with Gasteiger partial charge in [-0.1, -0.05) is 53.9 Å². The van der Waals surface area contributed by atoms with Crippen molar-refractivity contribution in [2.45, 2.75) is 112 Å². The van der Waals surface area contributed by atoms with Crippen LogP contribution in [0.15, 0.2) is 4.99 Å². The number of aliphatic imine (C=N–C) groups is 1. The van der Waals surface area contributed by atoms with Crippen LogP contribution in [0.25, 0.3) is 0 Å². The van der Waals surface area contributed by atoms with Crippen molar-refractivity contribution in [3.63, 3.8) is 0 Å². The Morgan fingerprint density at radius 3 is 2.52 bits per heavy atom. The normalized spacial score (nSPS) is 45.4. The van der Waals surface area contributed by atoms with Crippen LogP contribution in [0.4, 0.5) is 0 Å². The van der Waals surface area contributed by atoms with E-state index in [2.05, 4.69) is 41.5 Å². The van der Waals surface area contributed by atoms with Crippen molar-refractivity contribution in [2.24, 2.45) is 51.3 Å². The number of hydrogen-bond donors (Lipinski definition) is 0. The first-order valence-corrected chi connectivity index (χ1v) is 12.8. The quantitative estimate of drug-likeness (QED) is 0.484. The summed E-state index contributed by atoms with van der Waals surface area (Å²) in [6.07, 6.45) is 12.3. The molecule has 0 amide bonds. The van der Waals surface area contributed by atoms with E-state index in [4.69, 9.17) is 4.99 Å². The van der Waals surface area contributed by atoms with Gasteiger partial charge in [-0.15, -0.1) is 0 Å². The zero-order chi connectivity index (χ0) is 21.0. The number of ketones is 1. The first-order valence-electron chi connectivity index (χ1n) is 12.8. The summed E-state index contributed by atoms with van der Waals surface area (Å²) < 4.78 is 0. The van der Waals surface area contributed by atoms with Gasteiger partial charge in [0.2, 0.25) is 0 Å². The largest absolute Gasteiger partial charge is 0.299 e. The summed E-state index contributed by atoms with van der Waals surface area (Å²) in [6.45, 7) is 14.8. The Hall–Kier alpha value is -0.660. The van der Waals surface area contributed by atoms with Gasteiger partial charge in [0.1, 0.15) is 5.78 Å². The minimum atomic E-state index is 0.202. The second-order valence-electron chi connectivity index (χ2n) is 12.3. The first-order chi connectivity index (χ1) is 13.7. The smallest absolute Gasteiger partial charge is 0.138 e. The fourth-order valence-corrected chi connectivity index (χ4v) is 8.58. The highest BCUT2D eigenvalue weighted by atomic mass is 16.1. The van der Waals surface area contributed by atoms with Gasteiger partial charge in [0, 0.05) is 24.0 Å². The molecular formula is C27H45NO. The molecule has 4 rings (SSSR count). The topological polar surface area (TPSA) is 29.4 Å². The van der Waals surface area contributed by atoms with Crippen molar-refractivity contribution < 1.29 is 4.79 Å². The van der Waals surface area contributed by atoms with Crippen LogP contribution in [0.2, 0.25) is 0 Å². The number of carbonyl (C=O) groups excluding carboxylic acids is 1. The second-order valence-corrected chi connectivity index (χ2v) is 12.3. The lowest BCUT2D eigenvalue weighted by atomic mass is 9.47. The third kappa shape index (κ3) is 3.55. The van der Waals surface area contributed by atoms with Crippen molar-refractivity contribution in [1.82, 2.24) is 0 Å². The average molecular weight is 400 g/mol. The van der Waals surface area contributed by atoms with Crippen LogP contribution in [-0.2, 0) is 4.79 Å². The van der Waals surface area contributed by atoms with Crippen molar-refractivity contribution in [2.75, 3.05) is 0 Å². The van der Waals surface area contributed by atoms with Gasteiger partial charge in [0.15, 0.2) is 0 Å². The molecule has 2 heteroatoms. The van der Waals surface area contributed by atoms with E-state index in [1.807, 2.05) is 0 Å². The van der Waals surface area contributed by atoms with Crippen LogP contribution in [0.3, 0.4) is 0 Å². The summed E-state index contributed by atoms with van der Waals surface area (Å²) in [5.74, 6) is 5.36. The highest BCUT2D eigenvalue weighted by Gasteiger charge is 2.61. The average Bonchev–Trinajstić information content (AvgIpc) is 3.00. The van der Waals surface area contributed by atoms with Gasteiger partial charge in [-0.05, 0) is 80.0 Å². The number of nitrogens with zero attached hydrogens (tertiary/aromatic N) is 1. The maximum atomic E-state index is 12.1. The molecule has 3 fully saturated rings. The zero-order valence-corrected chi connectivity index (χ0v) is 20.0. The molecule has 0 saturated heterocycles. The van der Waals surface area contributed by atoms with Gasteiger partial charge in [-0.2, -0.15) is 0 Å². The van der Waals surface area contributed by atoms with Crippen molar-refractivity contribution in [1.29, 1.82) is 0 Å². The lowest BCUT2D eigenvalue weighted by Crippen LogP contribution is -2.56. The molecule has 4 aliphatic rings. The minimum absolute atomic E-state index is 0.202. The van der Waals surface area contributed by atoms with Gasteiger partial charge in [0.25, 0.3) is 0 Å².